The fraction of sp³-hybridized carbons (Fsp3) is 0.556. The zero-order chi connectivity index (χ0) is 17.5. The lowest BCUT2D eigenvalue weighted by Crippen LogP contribution is -2.36. The Hall–Kier alpha value is -1.79. The van der Waals surface area contributed by atoms with Crippen LogP contribution in [0.3, 0.4) is 0 Å². The molecule has 6 nitrogen and oxygen atoms in total. The monoisotopic (exact) mass is 369 g/mol. The number of amides is 2. The number of nitrogens with one attached hydrogen (secondary N) is 1. The van der Waals surface area contributed by atoms with Gasteiger partial charge in [-0.25, -0.2) is 0 Å². The molecule has 1 unspecified atom stereocenters. The van der Waals surface area contributed by atoms with Crippen LogP contribution in [0.1, 0.15) is 33.1 Å². The number of ether oxygens (including phenoxy) is 1. The number of halogens is 1. The minimum atomic E-state index is -0.286. The summed E-state index contributed by atoms with van der Waals surface area (Å²) in [6, 6.07) is 7.40. The fourth-order valence-corrected chi connectivity index (χ4v) is 3.05. The van der Waals surface area contributed by atoms with E-state index in [1.165, 1.54) is 0 Å². The lowest BCUT2D eigenvalue weighted by atomic mass is 10.1. The third kappa shape index (κ3) is 5.61. The van der Waals surface area contributed by atoms with E-state index in [4.69, 9.17) is 10.5 Å². The molecular formula is C18H28ClN3O3. The largest absolute Gasteiger partial charge is 0.492 e. The zero-order valence-electron chi connectivity index (χ0n) is 14.9. The molecule has 0 aliphatic carbocycles. The van der Waals surface area contributed by atoms with Gasteiger partial charge in [-0.05, 0) is 37.1 Å². The van der Waals surface area contributed by atoms with Crippen molar-refractivity contribution < 1.29 is 14.3 Å². The maximum Gasteiger partial charge on any atom is 0.229 e. The normalized spacial score (nSPS) is 16.7. The molecule has 2 rings (SSSR count). The van der Waals surface area contributed by atoms with Crippen LogP contribution in [0, 0.1) is 5.92 Å². The first kappa shape index (κ1) is 21.3. The number of rotatable bonds is 8. The highest BCUT2D eigenvalue weighted by Crippen LogP contribution is 2.24. The van der Waals surface area contributed by atoms with Crippen molar-refractivity contribution in [1.29, 1.82) is 0 Å². The highest BCUT2D eigenvalue weighted by molar-refractivity contribution is 5.97. The maximum atomic E-state index is 12.4. The van der Waals surface area contributed by atoms with Gasteiger partial charge in [-0.2, -0.15) is 0 Å². The fourth-order valence-electron chi connectivity index (χ4n) is 3.05. The molecule has 1 aromatic rings. The molecule has 25 heavy (non-hydrogen) atoms. The van der Waals surface area contributed by atoms with Crippen LogP contribution in [0.4, 0.5) is 5.69 Å². The van der Waals surface area contributed by atoms with Crippen LogP contribution >= 0.6 is 12.4 Å². The lowest BCUT2D eigenvalue weighted by Gasteiger charge is -2.26. The van der Waals surface area contributed by atoms with E-state index in [2.05, 4.69) is 19.2 Å². The first-order chi connectivity index (χ1) is 11.6. The Balaban J connectivity index is 0.00000312. The van der Waals surface area contributed by atoms with Crippen molar-refractivity contribution >= 4 is 29.9 Å². The SMILES string of the molecule is CCC(CC)N1CC(C(=O)Nc2ccc(OCCN)cc2)CC1=O.Cl. The average molecular weight is 370 g/mol. The molecule has 0 aromatic heterocycles. The van der Waals surface area contributed by atoms with Gasteiger partial charge in [-0.15, -0.1) is 12.4 Å². The number of carbonyl (C=O) groups excluding carboxylic acids is 2. The Kier molecular flexibility index (Phi) is 8.72. The van der Waals surface area contributed by atoms with Crippen molar-refractivity contribution in [1.82, 2.24) is 4.90 Å². The van der Waals surface area contributed by atoms with E-state index in [1.807, 2.05) is 4.90 Å². The van der Waals surface area contributed by atoms with Gasteiger partial charge in [-0.3, -0.25) is 9.59 Å². The van der Waals surface area contributed by atoms with Gasteiger partial charge in [0, 0.05) is 31.2 Å². The van der Waals surface area contributed by atoms with Crippen molar-refractivity contribution in [3.63, 3.8) is 0 Å². The van der Waals surface area contributed by atoms with Gasteiger partial charge in [0.15, 0.2) is 0 Å². The predicted molar refractivity (Wildman–Crippen MR) is 101 cm³/mol. The maximum absolute atomic E-state index is 12.4. The van der Waals surface area contributed by atoms with E-state index >= 15 is 0 Å². The van der Waals surface area contributed by atoms with Gasteiger partial charge < -0.3 is 20.7 Å². The summed E-state index contributed by atoms with van der Waals surface area (Å²) in [7, 11) is 0. The third-order valence-electron chi connectivity index (χ3n) is 4.42. The minimum Gasteiger partial charge on any atom is -0.492 e. The highest BCUT2D eigenvalue weighted by atomic mass is 35.5. The Morgan fingerprint density at radius 2 is 1.96 bits per heavy atom. The summed E-state index contributed by atoms with van der Waals surface area (Å²) in [5, 5.41) is 2.89. The zero-order valence-corrected chi connectivity index (χ0v) is 15.7. The summed E-state index contributed by atoms with van der Waals surface area (Å²) < 4.78 is 5.41. The summed E-state index contributed by atoms with van der Waals surface area (Å²) in [5.41, 5.74) is 6.09. The second-order valence-electron chi connectivity index (χ2n) is 6.07. The summed E-state index contributed by atoms with van der Waals surface area (Å²) in [5.74, 6) is 0.405. The molecule has 0 spiro atoms. The van der Waals surface area contributed by atoms with Crippen LogP contribution in [-0.2, 0) is 9.59 Å². The number of hydrogen-bond donors (Lipinski definition) is 2. The number of likely N-dealkylation sites (tertiary alicyclic amines) is 1. The Morgan fingerprint density at radius 1 is 1.32 bits per heavy atom. The van der Waals surface area contributed by atoms with Crippen LogP contribution in [0.15, 0.2) is 24.3 Å². The average Bonchev–Trinajstić information content (AvgIpc) is 2.97. The van der Waals surface area contributed by atoms with Crippen LogP contribution < -0.4 is 15.8 Å². The molecule has 1 aromatic carbocycles. The highest BCUT2D eigenvalue weighted by Gasteiger charge is 2.36. The minimum absolute atomic E-state index is 0. The Labute approximate surface area is 155 Å². The molecule has 7 heteroatoms. The molecule has 3 N–H and O–H groups in total. The molecule has 0 saturated carbocycles. The van der Waals surface area contributed by atoms with Gasteiger partial charge in [-0.1, -0.05) is 13.8 Å². The van der Waals surface area contributed by atoms with E-state index in [0.29, 0.717) is 31.8 Å². The summed E-state index contributed by atoms with van der Waals surface area (Å²) in [4.78, 5) is 26.4. The van der Waals surface area contributed by atoms with E-state index in [0.717, 1.165) is 18.6 Å². The molecule has 1 atom stereocenters. The van der Waals surface area contributed by atoms with E-state index in [-0.39, 0.29) is 36.2 Å². The molecule has 1 saturated heterocycles. The standard InChI is InChI=1S/C18H27N3O3.ClH/c1-3-15(4-2)21-12-13(11-17(21)22)18(23)20-14-5-7-16(8-6-14)24-10-9-19;/h5-8,13,15H,3-4,9-12,19H2,1-2H3,(H,20,23);1H. The predicted octanol–water partition coefficient (Wildman–Crippen LogP) is 2.42. The smallest absolute Gasteiger partial charge is 0.229 e. The number of hydrogen-bond acceptors (Lipinski definition) is 4. The quantitative estimate of drug-likeness (QED) is 0.737. The third-order valence-corrected chi connectivity index (χ3v) is 4.42. The summed E-state index contributed by atoms with van der Waals surface area (Å²) in [6.07, 6.45) is 2.13. The van der Waals surface area contributed by atoms with Crippen molar-refractivity contribution in [3.8, 4) is 5.75 Å². The van der Waals surface area contributed by atoms with Crippen LogP contribution in [0.5, 0.6) is 5.75 Å². The second-order valence-corrected chi connectivity index (χ2v) is 6.07. The van der Waals surface area contributed by atoms with E-state index in [1.54, 1.807) is 24.3 Å². The Bertz CT molecular complexity index is 561. The molecule has 1 aliphatic rings. The van der Waals surface area contributed by atoms with E-state index < -0.39 is 0 Å². The molecule has 1 aliphatic heterocycles. The van der Waals surface area contributed by atoms with Crippen molar-refractivity contribution in [3.05, 3.63) is 24.3 Å². The molecule has 1 heterocycles. The number of benzene rings is 1. The summed E-state index contributed by atoms with van der Waals surface area (Å²) >= 11 is 0. The van der Waals surface area contributed by atoms with Gasteiger partial charge in [0.05, 0.1) is 5.92 Å². The molecule has 0 bridgehead atoms. The number of anilines is 1. The van der Waals surface area contributed by atoms with Gasteiger partial charge in [0.1, 0.15) is 12.4 Å². The topological polar surface area (TPSA) is 84.7 Å². The van der Waals surface area contributed by atoms with Gasteiger partial charge >= 0.3 is 0 Å². The number of carbonyl (C=O) groups is 2. The molecule has 0 radical (unpaired) electrons. The summed E-state index contributed by atoms with van der Waals surface area (Å²) in [6.45, 7) is 5.57. The van der Waals surface area contributed by atoms with Gasteiger partial charge in [0.2, 0.25) is 11.8 Å². The molecule has 2 amide bonds. The Morgan fingerprint density at radius 3 is 2.52 bits per heavy atom. The molecular weight excluding hydrogens is 342 g/mol. The van der Waals surface area contributed by atoms with Crippen molar-refractivity contribution in [2.45, 2.75) is 39.2 Å². The number of nitrogens with zero attached hydrogens (tertiary/aromatic N) is 1. The van der Waals surface area contributed by atoms with Crippen LogP contribution in [-0.4, -0.2) is 42.5 Å². The van der Waals surface area contributed by atoms with Gasteiger partial charge in [0.25, 0.3) is 0 Å². The van der Waals surface area contributed by atoms with Crippen LogP contribution in [0.25, 0.3) is 0 Å². The van der Waals surface area contributed by atoms with Crippen LogP contribution in [0.2, 0.25) is 0 Å². The van der Waals surface area contributed by atoms with Crippen molar-refractivity contribution in [2.24, 2.45) is 11.7 Å². The molecule has 140 valence electrons. The van der Waals surface area contributed by atoms with Crippen molar-refractivity contribution in [2.75, 3.05) is 25.0 Å². The first-order valence-corrected chi connectivity index (χ1v) is 8.62. The first-order valence-electron chi connectivity index (χ1n) is 8.62. The lowest BCUT2D eigenvalue weighted by molar-refractivity contribution is -0.130. The number of nitrogens with two attached hydrogens (primary N) is 1. The van der Waals surface area contributed by atoms with E-state index in [9.17, 15) is 9.59 Å². The second kappa shape index (κ2) is 10.3. The molecule has 1 fully saturated rings.